The van der Waals surface area contributed by atoms with Gasteiger partial charge in [-0.3, -0.25) is 9.78 Å². The molecule has 0 spiro atoms. The molecule has 2 aromatic carbocycles. The highest BCUT2D eigenvalue weighted by Gasteiger charge is 2.10. The molecule has 3 aromatic rings. The lowest BCUT2D eigenvalue weighted by Crippen LogP contribution is -2.22. The minimum absolute atomic E-state index is 0.288. The molecular formula is C21H18F2N2O3. The van der Waals surface area contributed by atoms with Gasteiger partial charge in [0.15, 0.2) is 11.5 Å². The number of amides is 1. The summed E-state index contributed by atoms with van der Waals surface area (Å²) in [6, 6.07) is 11.6. The Morgan fingerprint density at radius 1 is 0.964 bits per heavy atom. The van der Waals surface area contributed by atoms with Crippen molar-refractivity contribution in [2.75, 3.05) is 14.2 Å². The van der Waals surface area contributed by atoms with E-state index in [0.29, 0.717) is 28.3 Å². The van der Waals surface area contributed by atoms with E-state index in [4.69, 9.17) is 9.47 Å². The first-order valence-corrected chi connectivity index (χ1v) is 8.42. The van der Waals surface area contributed by atoms with Gasteiger partial charge in [-0.05, 0) is 42.0 Å². The number of ether oxygens (including phenoxy) is 2. The van der Waals surface area contributed by atoms with Crippen LogP contribution in [0.3, 0.4) is 0 Å². The van der Waals surface area contributed by atoms with Crippen LogP contribution < -0.4 is 14.8 Å². The first kappa shape index (κ1) is 19.3. The van der Waals surface area contributed by atoms with Crippen LogP contribution in [-0.2, 0) is 6.54 Å². The summed E-state index contributed by atoms with van der Waals surface area (Å²) in [6.07, 6.45) is 1.36. The second kappa shape index (κ2) is 8.47. The smallest absolute Gasteiger partial charge is 0.253 e. The van der Waals surface area contributed by atoms with Crippen LogP contribution in [0.4, 0.5) is 8.78 Å². The number of benzene rings is 2. The quantitative estimate of drug-likeness (QED) is 0.699. The molecule has 0 atom stereocenters. The van der Waals surface area contributed by atoms with Gasteiger partial charge in [0.25, 0.3) is 5.91 Å². The standard InChI is InChI=1S/C21H18F2N2O3/c1-27-19-6-3-13(7-20(19)28-2)11-25-21(26)14-4-5-18(24-12-14)15-8-16(22)10-17(23)9-15/h3-10,12H,11H2,1-2H3,(H,25,26). The van der Waals surface area contributed by atoms with Crippen LogP contribution in [0.1, 0.15) is 15.9 Å². The molecule has 1 N–H and O–H groups in total. The van der Waals surface area contributed by atoms with E-state index in [9.17, 15) is 13.6 Å². The first-order chi connectivity index (χ1) is 13.5. The van der Waals surface area contributed by atoms with Crippen molar-refractivity contribution in [1.82, 2.24) is 10.3 Å². The Balaban J connectivity index is 1.68. The maximum Gasteiger partial charge on any atom is 0.253 e. The molecule has 1 heterocycles. The fraction of sp³-hybridized carbons (Fsp3) is 0.143. The Hall–Kier alpha value is -3.48. The molecule has 0 bridgehead atoms. The number of nitrogens with zero attached hydrogens (tertiary/aromatic N) is 1. The van der Waals surface area contributed by atoms with Gasteiger partial charge in [-0.1, -0.05) is 6.07 Å². The van der Waals surface area contributed by atoms with Gasteiger partial charge in [-0.25, -0.2) is 8.78 Å². The molecule has 0 saturated carbocycles. The summed E-state index contributed by atoms with van der Waals surface area (Å²) in [5, 5.41) is 2.79. The second-order valence-corrected chi connectivity index (χ2v) is 5.96. The molecule has 28 heavy (non-hydrogen) atoms. The van der Waals surface area contributed by atoms with Crippen LogP contribution in [0.15, 0.2) is 54.7 Å². The van der Waals surface area contributed by atoms with E-state index in [1.807, 2.05) is 6.07 Å². The zero-order valence-corrected chi connectivity index (χ0v) is 15.3. The normalized spacial score (nSPS) is 10.4. The SMILES string of the molecule is COc1ccc(CNC(=O)c2ccc(-c3cc(F)cc(F)c3)nc2)cc1OC. The Morgan fingerprint density at radius 3 is 2.29 bits per heavy atom. The molecule has 0 aliphatic rings. The van der Waals surface area contributed by atoms with Crippen molar-refractivity contribution in [3.63, 3.8) is 0 Å². The van der Waals surface area contributed by atoms with Gasteiger partial charge in [0, 0.05) is 24.4 Å². The van der Waals surface area contributed by atoms with Gasteiger partial charge in [0.1, 0.15) is 11.6 Å². The van der Waals surface area contributed by atoms with E-state index in [-0.39, 0.29) is 12.5 Å². The van der Waals surface area contributed by atoms with Crippen molar-refractivity contribution in [2.24, 2.45) is 0 Å². The summed E-state index contributed by atoms with van der Waals surface area (Å²) in [4.78, 5) is 16.5. The molecule has 0 fully saturated rings. The number of hydrogen-bond donors (Lipinski definition) is 1. The third-order valence-electron chi connectivity index (χ3n) is 4.09. The zero-order valence-electron chi connectivity index (χ0n) is 15.3. The monoisotopic (exact) mass is 384 g/mol. The van der Waals surface area contributed by atoms with Crippen LogP contribution >= 0.6 is 0 Å². The van der Waals surface area contributed by atoms with Crippen molar-refractivity contribution in [2.45, 2.75) is 6.54 Å². The molecule has 0 radical (unpaired) electrons. The first-order valence-electron chi connectivity index (χ1n) is 8.42. The molecule has 0 saturated heterocycles. The third kappa shape index (κ3) is 4.43. The van der Waals surface area contributed by atoms with Crippen LogP contribution in [0.2, 0.25) is 0 Å². The number of nitrogens with one attached hydrogen (secondary N) is 1. The van der Waals surface area contributed by atoms with Gasteiger partial charge >= 0.3 is 0 Å². The number of halogens is 2. The second-order valence-electron chi connectivity index (χ2n) is 5.96. The van der Waals surface area contributed by atoms with Gasteiger partial charge < -0.3 is 14.8 Å². The highest BCUT2D eigenvalue weighted by atomic mass is 19.1. The average molecular weight is 384 g/mol. The molecular weight excluding hydrogens is 366 g/mol. The fourth-order valence-corrected chi connectivity index (χ4v) is 2.68. The number of hydrogen-bond acceptors (Lipinski definition) is 4. The molecule has 1 amide bonds. The minimum Gasteiger partial charge on any atom is -0.493 e. The molecule has 7 heteroatoms. The Labute approximate surface area is 160 Å². The number of rotatable bonds is 6. The van der Waals surface area contributed by atoms with Crippen LogP contribution in [0.25, 0.3) is 11.3 Å². The number of methoxy groups -OCH3 is 2. The summed E-state index contributed by atoms with van der Waals surface area (Å²) in [5.41, 5.74) is 1.84. The summed E-state index contributed by atoms with van der Waals surface area (Å²) in [5.74, 6) is -0.518. The molecule has 3 rings (SSSR count). The van der Waals surface area contributed by atoms with Crippen molar-refractivity contribution in [3.05, 3.63) is 77.5 Å². The van der Waals surface area contributed by atoms with Crippen molar-refractivity contribution < 1.29 is 23.0 Å². The van der Waals surface area contributed by atoms with E-state index in [2.05, 4.69) is 10.3 Å². The van der Waals surface area contributed by atoms with Crippen LogP contribution in [0, 0.1) is 11.6 Å². The van der Waals surface area contributed by atoms with Gasteiger partial charge in [-0.2, -0.15) is 0 Å². The predicted octanol–water partition coefficient (Wildman–Crippen LogP) is 3.97. The number of pyridine rings is 1. The van der Waals surface area contributed by atoms with Crippen LogP contribution in [-0.4, -0.2) is 25.1 Å². The van der Waals surface area contributed by atoms with Crippen LogP contribution in [0.5, 0.6) is 11.5 Å². The van der Waals surface area contributed by atoms with E-state index in [0.717, 1.165) is 11.6 Å². The zero-order chi connectivity index (χ0) is 20.1. The summed E-state index contributed by atoms with van der Waals surface area (Å²) >= 11 is 0. The van der Waals surface area contributed by atoms with Crippen molar-refractivity contribution in [1.29, 1.82) is 0 Å². The summed E-state index contributed by atoms with van der Waals surface area (Å²) in [7, 11) is 3.09. The van der Waals surface area contributed by atoms with E-state index < -0.39 is 11.6 Å². The Kier molecular flexibility index (Phi) is 5.84. The largest absolute Gasteiger partial charge is 0.493 e. The van der Waals surface area contributed by atoms with E-state index >= 15 is 0 Å². The fourth-order valence-electron chi connectivity index (χ4n) is 2.68. The van der Waals surface area contributed by atoms with Gasteiger partial charge in [0.05, 0.1) is 25.5 Å². The Morgan fingerprint density at radius 2 is 1.68 bits per heavy atom. The maximum absolute atomic E-state index is 13.3. The summed E-state index contributed by atoms with van der Waals surface area (Å²) in [6.45, 7) is 0.288. The van der Waals surface area contributed by atoms with Gasteiger partial charge in [-0.15, -0.1) is 0 Å². The van der Waals surface area contributed by atoms with Crippen molar-refractivity contribution >= 4 is 5.91 Å². The molecule has 0 aliphatic carbocycles. The maximum atomic E-state index is 13.3. The van der Waals surface area contributed by atoms with Gasteiger partial charge in [0.2, 0.25) is 0 Å². The lowest BCUT2D eigenvalue weighted by atomic mass is 10.1. The highest BCUT2D eigenvalue weighted by molar-refractivity contribution is 5.94. The lowest BCUT2D eigenvalue weighted by Gasteiger charge is -2.10. The number of carbonyl (C=O) groups is 1. The van der Waals surface area contributed by atoms with Crippen molar-refractivity contribution in [3.8, 4) is 22.8 Å². The lowest BCUT2D eigenvalue weighted by molar-refractivity contribution is 0.0950. The predicted molar refractivity (Wildman–Crippen MR) is 100 cm³/mol. The number of aromatic nitrogens is 1. The molecule has 0 unspecified atom stereocenters. The molecule has 0 aliphatic heterocycles. The molecule has 1 aromatic heterocycles. The molecule has 5 nitrogen and oxygen atoms in total. The minimum atomic E-state index is -0.687. The topological polar surface area (TPSA) is 60.5 Å². The highest BCUT2D eigenvalue weighted by Crippen LogP contribution is 2.27. The molecule has 144 valence electrons. The Bertz CT molecular complexity index is 971. The third-order valence-corrected chi connectivity index (χ3v) is 4.09. The van der Waals surface area contributed by atoms with E-state index in [1.165, 1.54) is 25.4 Å². The number of carbonyl (C=O) groups excluding carboxylic acids is 1. The van der Waals surface area contributed by atoms with E-state index in [1.54, 1.807) is 31.4 Å². The average Bonchev–Trinajstić information content (AvgIpc) is 2.71. The summed E-state index contributed by atoms with van der Waals surface area (Å²) < 4.78 is 37.1.